The Bertz CT molecular complexity index is 1030. The van der Waals surface area contributed by atoms with Crippen LogP contribution in [0, 0.1) is 17.1 Å². The van der Waals surface area contributed by atoms with Crippen LogP contribution in [0.1, 0.15) is 12.5 Å². The van der Waals surface area contributed by atoms with Gasteiger partial charge in [-0.05, 0) is 37.3 Å². The second-order valence-electron chi connectivity index (χ2n) is 5.41. The first-order valence-electron chi connectivity index (χ1n) is 7.73. The van der Waals surface area contributed by atoms with Crippen molar-refractivity contribution in [3.8, 4) is 17.5 Å². The highest BCUT2D eigenvalue weighted by Gasteiger charge is 2.20. The van der Waals surface area contributed by atoms with Gasteiger partial charge in [0.05, 0.1) is 21.4 Å². The highest BCUT2D eigenvalue weighted by atomic mass is 35.5. The van der Waals surface area contributed by atoms with Crippen molar-refractivity contribution in [3.63, 3.8) is 0 Å². The predicted octanol–water partition coefficient (Wildman–Crippen LogP) is 4.52. The van der Waals surface area contributed by atoms with Crippen molar-refractivity contribution < 1.29 is 13.6 Å². The highest BCUT2D eigenvalue weighted by Crippen LogP contribution is 2.28. The van der Waals surface area contributed by atoms with Gasteiger partial charge in [0, 0.05) is 5.69 Å². The van der Waals surface area contributed by atoms with Gasteiger partial charge in [0.1, 0.15) is 11.9 Å². The van der Waals surface area contributed by atoms with E-state index in [9.17, 15) is 9.18 Å². The van der Waals surface area contributed by atoms with Crippen LogP contribution in [0.15, 0.2) is 52.1 Å². The zero-order chi connectivity index (χ0) is 19.4. The lowest BCUT2D eigenvalue weighted by molar-refractivity contribution is -0.115. The van der Waals surface area contributed by atoms with Crippen molar-refractivity contribution >= 4 is 35.0 Å². The number of hydrogen-bond donors (Lipinski definition) is 1. The number of halogens is 2. The molecule has 0 aliphatic carbocycles. The minimum Gasteiger partial charge on any atom is -0.411 e. The molecule has 136 valence electrons. The second kappa shape index (κ2) is 8.20. The molecular formula is C18H12ClFN4O2S. The molecule has 0 unspecified atom stereocenters. The molecule has 3 rings (SSSR count). The molecule has 9 heteroatoms. The topological polar surface area (TPSA) is 91.8 Å². The summed E-state index contributed by atoms with van der Waals surface area (Å²) >= 11 is 7.00. The number of rotatable bonds is 5. The van der Waals surface area contributed by atoms with Crippen LogP contribution < -0.4 is 5.32 Å². The monoisotopic (exact) mass is 402 g/mol. The number of hydrogen-bond acceptors (Lipinski definition) is 6. The van der Waals surface area contributed by atoms with Crippen molar-refractivity contribution in [1.82, 2.24) is 10.2 Å². The van der Waals surface area contributed by atoms with Crippen molar-refractivity contribution in [3.05, 3.63) is 58.9 Å². The fraction of sp³-hybridized carbons (Fsp3) is 0.111. The Morgan fingerprint density at radius 2 is 2.11 bits per heavy atom. The quantitative estimate of drug-likeness (QED) is 0.631. The van der Waals surface area contributed by atoms with Crippen LogP contribution in [0.3, 0.4) is 0 Å². The zero-order valence-electron chi connectivity index (χ0n) is 13.9. The van der Waals surface area contributed by atoms with Crippen LogP contribution in [-0.2, 0) is 4.79 Å². The maximum Gasteiger partial charge on any atom is 0.277 e. The lowest BCUT2D eigenvalue weighted by Gasteiger charge is -2.10. The summed E-state index contributed by atoms with van der Waals surface area (Å²) in [6, 6.07) is 12.6. The van der Waals surface area contributed by atoms with E-state index in [0.717, 1.165) is 11.8 Å². The van der Waals surface area contributed by atoms with Gasteiger partial charge in [-0.2, -0.15) is 5.26 Å². The van der Waals surface area contributed by atoms with Crippen molar-refractivity contribution in [2.75, 3.05) is 5.32 Å². The summed E-state index contributed by atoms with van der Waals surface area (Å²) in [7, 11) is 0. The SMILES string of the molecule is C[C@H](Sc1nnc(-c2ccccc2F)o1)C(=O)Nc1ccc(C#N)c(Cl)c1. The number of thioether (sulfide) groups is 1. The summed E-state index contributed by atoms with van der Waals surface area (Å²) in [5.41, 5.74) is 0.985. The van der Waals surface area contributed by atoms with E-state index in [0.29, 0.717) is 11.3 Å². The first kappa shape index (κ1) is 18.9. The molecule has 0 saturated heterocycles. The molecule has 0 saturated carbocycles. The van der Waals surface area contributed by atoms with Gasteiger partial charge in [0.15, 0.2) is 0 Å². The molecule has 0 radical (unpaired) electrons. The third-order valence-electron chi connectivity index (χ3n) is 3.51. The van der Waals surface area contributed by atoms with E-state index < -0.39 is 11.1 Å². The van der Waals surface area contributed by atoms with Crippen LogP contribution in [0.2, 0.25) is 5.02 Å². The molecule has 1 aromatic heterocycles. The van der Waals surface area contributed by atoms with E-state index in [2.05, 4.69) is 15.5 Å². The van der Waals surface area contributed by atoms with E-state index >= 15 is 0 Å². The van der Waals surface area contributed by atoms with E-state index in [-0.39, 0.29) is 27.6 Å². The number of anilines is 1. The average Bonchev–Trinajstić information content (AvgIpc) is 3.10. The van der Waals surface area contributed by atoms with Gasteiger partial charge in [0.2, 0.25) is 5.91 Å². The first-order valence-corrected chi connectivity index (χ1v) is 8.99. The summed E-state index contributed by atoms with van der Waals surface area (Å²) in [4.78, 5) is 12.3. The molecule has 1 N–H and O–H groups in total. The molecule has 1 atom stereocenters. The maximum absolute atomic E-state index is 13.8. The summed E-state index contributed by atoms with van der Waals surface area (Å²) < 4.78 is 19.2. The van der Waals surface area contributed by atoms with Crippen molar-refractivity contribution in [1.29, 1.82) is 5.26 Å². The smallest absolute Gasteiger partial charge is 0.277 e. The van der Waals surface area contributed by atoms with Gasteiger partial charge in [-0.25, -0.2) is 4.39 Å². The Kier molecular flexibility index (Phi) is 5.74. The molecule has 0 fully saturated rings. The third kappa shape index (κ3) is 4.45. The van der Waals surface area contributed by atoms with Gasteiger partial charge in [-0.15, -0.1) is 10.2 Å². The minimum atomic E-state index is -0.562. The number of carbonyl (C=O) groups excluding carboxylic acids is 1. The molecule has 1 amide bonds. The summed E-state index contributed by atoms with van der Waals surface area (Å²) in [5, 5.41) is 19.1. The van der Waals surface area contributed by atoms with Gasteiger partial charge < -0.3 is 9.73 Å². The Labute approximate surface area is 163 Å². The van der Waals surface area contributed by atoms with E-state index in [1.54, 1.807) is 25.1 Å². The van der Waals surface area contributed by atoms with Crippen LogP contribution in [-0.4, -0.2) is 21.4 Å². The van der Waals surface area contributed by atoms with Gasteiger partial charge in [-0.1, -0.05) is 35.5 Å². The second-order valence-corrected chi connectivity index (χ2v) is 7.11. The Morgan fingerprint density at radius 3 is 2.81 bits per heavy atom. The number of nitrogens with zero attached hydrogens (tertiary/aromatic N) is 3. The molecule has 6 nitrogen and oxygen atoms in total. The van der Waals surface area contributed by atoms with E-state index in [1.807, 2.05) is 6.07 Å². The van der Waals surface area contributed by atoms with Gasteiger partial charge >= 0.3 is 0 Å². The fourth-order valence-electron chi connectivity index (χ4n) is 2.13. The molecule has 0 spiro atoms. The predicted molar refractivity (Wildman–Crippen MR) is 99.8 cm³/mol. The highest BCUT2D eigenvalue weighted by molar-refractivity contribution is 8.00. The van der Waals surface area contributed by atoms with Crippen LogP contribution in [0.4, 0.5) is 10.1 Å². The molecule has 1 heterocycles. The Balaban J connectivity index is 1.66. The molecule has 0 aliphatic heterocycles. The van der Waals surface area contributed by atoms with Crippen molar-refractivity contribution in [2.45, 2.75) is 17.4 Å². The number of aromatic nitrogens is 2. The lowest BCUT2D eigenvalue weighted by atomic mass is 10.2. The number of amides is 1. The first-order chi connectivity index (χ1) is 13.0. The number of nitriles is 1. The van der Waals surface area contributed by atoms with Gasteiger partial charge in [0.25, 0.3) is 11.1 Å². The van der Waals surface area contributed by atoms with Crippen LogP contribution >= 0.6 is 23.4 Å². The number of carbonyl (C=O) groups is 1. The third-order valence-corrected chi connectivity index (χ3v) is 4.76. The molecule has 3 aromatic rings. The normalized spacial score (nSPS) is 11.6. The molecule has 0 aliphatic rings. The summed E-state index contributed by atoms with van der Waals surface area (Å²) in [5.74, 6) is -0.741. The largest absolute Gasteiger partial charge is 0.411 e. The fourth-order valence-corrected chi connectivity index (χ4v) is 3.04. The number of benzene rings is 2. The summed E-state index contributed by atoms with van der Waals surface area (Å²) in [6.07, 6.45) is 0. The zero-order valence-corrected chi connectivity index (χ0v) is 15.5. The van der Waals surface area contributed by atoms with Gasteiger partial charge in [-0.3, -0.25) is 4.79 Å². The Hall–Kier alpha value is -2.89. The molecule has 2 aromatic carbocycles. The average molecular weight is 403 g/mol. The van der Waals surface area contributed by atoms with E-state index in [4.69, 9.17) is 21.3 Å². The van der Waals surface area contributed by atoms with E-state index in [1.165, 1.54) is 24.3 Å². The maximum atomic E-state index is 13.8. The van der Waals surface area contributed by atoms with Crippen LogP contribution in [0.5, 0.6) is 0 Å². The van der Waals surface area contributed by atoms with Crippen molar-refractivity contribution in [2.24, 2.45) is 0 Å². The van der Waals surface area contributed by atoms with Crippen LogP contribution in [0.25, 0.3) is 11.5 Å². The molecular weight excluding hydrogens is 391 g/mol. The number of nitrogens with one attached hydrogen (secondary N) is 1. The molecule has 27 heavy (non-hydrogen) atoms. The Morgan fingerprint density at radius 1 is 1.33 bits per heavy atom. The lowest BCUT2D eigenvalue weighted by Crippen LogP contribution is -2.22. The standard InChI is InChI=1S/C18H12ClFN4O2S/c1-10(16(25)22-12-7-6-11(9-21)14(19)8-12)27-18-24-23-17(26-18)13-4-2-3-5-15(13)20/h2-8,10H,1H3,(H,22,25)/t10-/m0/s1. The molecule has 0 bridgehead atoms. The minimum absolute atomic E-state index is 0.0436. The summed E-state index contributed by atoms with van der Waals surface area (Å²) in [6.45, 7) is 1.66.